The molecule has 0 saturated heterocycles. The Labute approximate surface area is 142 Å². The van der Waals surface area contributed by atoms with Crippen LogP contribution in [0.25, 0.3) is 6.08 Å². The number of nitrogens with zero attached hydrogens (tertiary/aromatic N) is 2. The van der Waals surface area contributed by atoms with E-state index in [1.807, 2.05) is 18.7 Å². The lowest BCUT2D eigenvalue weighted by atomic mass is 9.64. The summed E-state index contributed by atoms with van der Waals surface area (Å²) in [4.78, 5) is 4.14. The smallest absolute Gasteiger partial charge is 0.0948 e. The van der Waals surface area contributed by atoms with Crippen molar-refractivity contribution in [2.24, 2.45) is 0 Å². The maximum atomic E-state index is 6.44. The van der Waals surface area contributed by atoms with Gasteiger partial charge in [-0.15, -0.1) is 12.4 Å². The van der Waals surface area contributed by atoms with Crippen molar-refractivity contribution in [2.75, 3.05) is 0 Å². The molecule has 4 heteroatoms. The van der Waals surface area contributed by atoms with Gasteiger partial charge in [0.05, 0.1) is 6.33 Å². The highest BCUT2D eigenvalue weighted by atomic mass is 35.5. The maximum Gasteiger partial charge on any atom is 0.0948 e. The van der Waals surface area contributed by atoms with Gasteiger partial charge in [0.2, 0.25) is 0 Å². The molecule has 2 aliphatic rings. The Balaban J connectivity index is 0.00000144. The molecule has 4 rings (SSSR count). The molecule has 0 aliphatic heterocycles. The molecule has 0 spiro atoms. The van der Waals surface area contributed by atoms with E-state index in [2.05, 4.69) is 34.7 Å². The zero-order valence-electron chi connectivity index (χ0n) is 12.7. The van der Waals surface area contributed by atoms with Gasteiger partial charge in [-0.05, 0) is 59.4 Å². The molecule has 0 radical (unpaired) electrons. The summed E-state index contributed by atoms with van der Waals surface area (Å²) in [6, 6.07) is 4.26. The summed E-state index contributed by atoms with van der Waals surface area (Å²) in [6.07, 6.45) is 12.9. The minimum atomic E-state index is 0. The number of allylic oxidation sites excluding steroid dienone is 1. The minimum absolute atomic E-state index is 0. The van der Waals surface area contributed by atoms with Crippen LogP contribution in [0.3, 0.4) is 0 Å². The van der Waals surface area contributed by atoms with Crippen molar-refractivity contribution in [2.45, 2.75) is 44.6 Å². The standard InChI is InChI=1S/C18H19ClN2.ClH/c1-18-6-2-3-15-16(19)5-4-14(17(15)18)9-13(10-18)11-21-8-7-20-12-21;/h4-5,7-9,12H,2-3,6,10-11H2,1H3;1H. The predicted molar refractivity (Wildman–Crippen MR) is 93.8 cm³/mol. The fourth-order valence-electron chi connectivity index (χ4n) is 4.16. The number of rotatable bonds is 2. The second kappa shape index (κ2) is 5.75. The third-order valence-corrected chi connectivity index (χ3v) is 5.32. The lowest BCUT2D eigenvalue weighted by molar-refractivity contribution is 0.380. The molecule has 1 aromatic heterocycles. The first-order chi connectivity index (χ1) is 10.2. The summed E-state index contributed by atoms with van der Waals surface area (Å²) in [6.45, 7) is 3.35. The van der Waals surface area contributed by atoms with Crippen LogP contribution in [0, 0.1) is 0 Å². The molecule has 0 N–H and O–H groups in total. The molecular weight excluding hydrogens is 315 g/mol. The first-order valence-corrected chi connectivity index (χ1v) is 8.01. The summed E-state index contributed by atoms with van der Waals surface area (Å²) in [5.74, 6) is 0. The van der Waals surface area contributed by atoms with Gasteiger partial charge < -0.3 is 4.57 Å². The fraction of sp³-hybridized carbons (Fsp3) is 0.389. The SMILES string of the molecule is CC12CCCc3c(Cl)ccc(c31)C=C(Cn1ccnc1)C2.Cl. The van der Waals surface area contributed by atoms with E-state index < -0.39 is 0 Å². The lowest BCUT2D eigenvalue weighted by Gasteiger charge is -2.41. The third kappa shape index (κ3) is 2.49. The minimum Gasteiger partial charge on any atom is -0.333 e. The number of hydrogen-bond acceptors (Lipinski definition) is 1. The predicted octanol–water partition coefficient (Wildman–Crippen LogP) is 5.04. The van der Waals surface area contributed by atoms with E-state index >= 15 is 0 Å². The van der Waals surface area contributed by atoms with E-state index in [0.717, 1.165) is 24.4 Å². The van der Waals surface area contributed by atoms with Crippen LogP contribution in [0.5, 0.6) is 0 Å². The van der Waals surface area contributed by atoms with Gasteiger partial charge in [-0.1, -0.05) is 30.7 Å². The van der Waals surface area contributed by atoms with E-state index in [-0.39, 0.29) is 17.8 Å². The van der Waals surface area contributed by atoms with Crippen molar-refractivity contribution in [1.82, 2.24) is 9.55 Å². The second-order valence-corrected chi connectivity index (χ2v) is 7.03. The topological polar surface area (TPSA) is 17.8 Å². The van der Waals surface area contributed by atoms with Gasteiger partial charge in [0.25, 0.3) is 0 Å². The monoisotopic (exact) mass is 334 g/mol. The molecule has 0 amide bonds. The highest BCUT2D eigenvalue weighted by molar-refractivity contribution is 6.31. The maximum absolute atomic E-state index is 6.44. The van der Waals surface area contributed by atoms with Gasteiger partial charge in [-0.2, -0.15) is 0 Å². The van der Waals surface area contributed by atoms with Crippen LogP contribution in [0.1, 0.15) is 42.9 Å². The van der Waals surface area contributed by atoms with Crippen LogP contribution < -0.4 is 0 Å². The molecule has 1 unspecified atom stereocenters. The van der Waals surface area contributed by atoms with Crippen molar-refractivity contribution in [3.63, 3.8) is 0 Å². The Morgan fingerprint density at radius 2 is 2.23 bits per heavy atom. The molecule has 22 heavy (non-hydrogen) atoms. The third-order valence-electron chi connectivity index (χ3n) is 4.97. The highest BCUT2D eigenvalue weighted by Crippen LogP contribution is 2.48. The summed E-state index contributed by atoms with van der Waals surface area (Å²) >= 11 is 6.44. The number of aromatic nitrogens is 2. The van der Waals surface area contributed by atoms with Crippen LogP contribution in [-0.4, -0.2) is 9.55 Å². The van der Waals surface area contributed by atoms with Crippen molar-refractivity contribution in [1.29, 1.82) is 0 Å². The van der Waals surface area contributed by atoms with E-state index in [4.69, 9.17) is 11.6 Å². The van der Waals surface area contributed by atoms with Gasteiger partial charge in [0, 0.05) is 24.0 Å². The Kier molecular flexibility index (Phi) is 4.09. The summed E-state index contributed by atoms with van der Waals surface area (Å²) < 4.78 is 2.15. The fourth-order valence-corrected chi connectivity index (χ4v) is 4.42. The van der Waals surface area contributed by atoms with Crippen LogP contribution in [-0.2, 0) is 18.4 Å². The van der Waals surface area contributed by atoms with Crippen LogP contribution in [0.2, 0.25) is 5.02 Å². The van der Waals surface area contributed by atoms with Gasteiger partial charge in [-0.25, -0.2) is 4.98 Å². The van der Waals surface area contributed by atoms with Crippen molar-refractivity contribution < 1.29 is 0 Å². The molecule has 2 nitrogen and oxygen atoms in total. The molecule has 1 heterocycles. The number of hydrogen-bond donors (Lipinski definition) is 0. The molecule has 2 aliphatic carbocycles. The summed E-state index contributed by atoms with van der Waals surface area (Å²) in [5.41, 5.74) is 6.01. The molecule has 1 atom stereocenters. The lowest BCUT2D eigenvalue weighted by Crippen LogP contribution is -2.32. The quantitative estimate of drug-likeness (QED) is 0.752. The molecule has 0 fully saturated rings. The van der Waals surface area contributed by atoms with E-state index in [9.17, 15) is 0 Å². The first kappa shape index (κ1) is 15.6. The average molecular weight is 335 g/mol. The molecule has 1 aromatic carbocycles. The highest BCUT2D eigenvalue weighted by Gasteiger charge is 2.37. The largest absolute Gasteiger partial charge is 0.333 e. The average Bonchev–Trinajstić information content (AvgIpc) is 2.94. The summed E-state index contributed by atoms with van der Waals surface area (Å²) in [7, 11) is 0. The Morgan fingerprint density at radius 1 is 1.36 bits per heavy atom. The van der Waals surface area contributed by atoms with Crippen molar-refractivity contribution in [3.8, 4) is 0 Å². The van der Waals surface area contributed by atoms with E-state index in [1.54, 1.807) is 0 Å². The Hall–Kier alpha value is -1.25. The van der Waals surface area contributed by atoms with Crippen molar-refractivity contribution >= 4 is 30.1 Å². The van der Waals surface area contributed by atoms with Gasteiger partial charge in [0.15, 0.2) is 0 Å². The first-order valence-electron chi connectivity index (χ1n) is 7.63. The normalized spacial score (nSPS) is 22.5. The van der Waals surface area contributed by atoms with Crippen LogP contribution in [0.15, 0.2) is 36.4 Å². The number of imidazole rings is 1. The van der Waals surface area contributed by atoms with E-state index in [1.165, 1.54) is 35.1 Å². The number of halogens is 2. The summed E-state index contributed by atoms with van der Waals surface area (Å²) in [5, 5.41) is 0.950. The molecule has 0 bridgehead atoms. The van der Waals surface area contributed by atoms with Gasteiger partial charge in [-0.3, -0.25) is 0 Å². The molecule has 2 aromatic rings. The molecule has 0 saturated carbocycles. The zero-order valence-corrected chi connectivity index (χ0v) is 14.3. The van der Waals surface area contributed by atoms with Crippen molar-refractivity contribution in [3.05, 3.63) is 58.1 Å². The van der Waals surface area contributed by atoms with Gasteiger partial charge >= 0.3 is 0 Å². The zero-order chi connectivity index (χ0) is 14.4. The number of benzene rings is 1. The Morgan fingerprint density at radius 3 is 3.00 bits per heavy atom. The van der Waals surface area contributed by atoms with E-state index in [0.29, 0.717) is 0 Å². The molecular formula is C18H20Cl2N2. The second-order valence-electron chi connectivity index (χ2n) is 6.62. The molecule has 116 valence electrons. The Bertz CT molecular complexity index is 719. The van der Waals surface area contributed by atoms with Gasteiger partial charge in [0.1, 0.15) is 0 Å². The van der Waals surface area contributed by atoms with Crippen LogP contribution in [0.4, 0.5) is 0 Å². The van der Waals surface area contributed by atoms with Crippen LogP contribution >= 0.6 is 24.0 Å².